The molecule has 1 aliphatic heterocycles. The minimum absolute atomic E-state index is 0.0396. The number of benzene rings is 2. The molecule has 5 nitrogen and oxygen atoms in total. The quantitative estimate of drug-likeness (QED) is 0.363. The van der Waals surface area contributed by atoms with Gasteiger partial charge in [0.1, 0.15) is 18.2 Å². The zero-order chi connectivity index (χ0) is 25.5. The fourth-order valence-electron chi connectivity index (χ4n) is 4.48. The number of carbonyl (C=O) groups excluding carboxylic acids is 2. The summed E-state index contributed by atoms with van der Waals surface area (Å²) in [6.07, 6.45) is 1.99. The molecular weight excluding hydrogens is 475 g/mol. The highest BCUT2D eigenvalue weighted by Gasteiger charge is 2.33. The smallest absolute Gasteiger partial charge is 0.242 e. The van der Waals surface area contributed by atoms with Gasteiger partial charge in [0.25, 0.3) is 0 Å². The van der Waals surface area contributed by atoms with E-state index in [1.165, 1.54) is 17.0 Å². The summed E-state index contributed by atoms with van der Waals surface area (Å²) >= 11 is 1.69. The van der Waals surface area contributed by atoms with E-state index in [4.69, 9.17) is 4.74 Å². The lowest BCUT2D eigenvalue weighted by Crippen LogP contribution is -2.48. The van der Waals surface area contributed by atoms with Crippen molar-refractivity contribution in [2.24, 2.45) is 5.92 Å². The van der Waals surface area contributed by atoms with Gasteiger partial charge in [-0.15, -0.1) is 11.3 Å². The van der Waals surface area contributed by atoms with Gasteiger partial charge in [-0.05, 0) is 59.2 Å². The van der Waals surface area contributed by atoms with Crippen molar-refractivity contribution in [2.45, 2.75) is 39.2 Å². The van der Waals surface area contributed by atoms with Gasteiger partial charge in [-0.2, -0.15) is 0 Å². The molecule has 36 heavy (non-hydrogen) atoms. The van der Waals surface area contributed by atoms with Crippen molar-refractivity contribution in [2.75, 3.05) is 26.2 Å². The fourth-order valence-corrected chi connectivity index (χ4v) is 5.41. The number of hydrogen-bond donors (Lipinski definition) is 0. The third kappa shape index (κ3) is 6.52. The van der Waals surface area contributed by atoms with Crippen molar-refractivity contribution in [3.05, 3.63) is 87.9 Å². The maximum Gasteiger partial charge on any atom is 0.242 e. The van der Waals surface area contributed by atoms with Crippen LogP contribution in [0.3, 0.4) is 0 Å². The molecule has 0 spiro atoms. The molecule has 2 atom stereocenters. The first-order valence-corrected chi connectivity index (χ1v) is 13.4. The highest BCUT2D eigenvalue weighted by Crippen LogP contribution is 2.34. The number of fused-ring (bicyclic) bond motifs is 1. The molecule has 0 radical (unpaired) electrons. The minimum atomic E-state index is -0.321. The zero-order valence-corrected chi connectivity index (χ0v) is 21.7. The van der Waals surface area contributed by atoms with Crippen molar-refractivity contribution in [3.8, 4) is 5.75 Å². The maximum absolute atomic E-state index is 13.7. The summed E-state index contributed by atoms with van der Waals surface area (Å²) in [5, 5.41) is 2.04. The molecule has 1 aromatic heterocycles. The Morgan fingerprint density at radius 2 is 1.89 bits per heavy atom. The molecule has 7 heteroatoms. The Balaban J connectivity index is 1.50. The highest BCUT2D eigenvalue weighted by atomic mass is 32.1. The van der Waals surface area contributed by atoms with Gasteiger partial charge in [-0.1, -0.05) is 50.6 Å². The first kappa shape index (κ1) is 25.9. The third-order valence-corrected chi connectivity index (χ3v) is 7.74. The molecule has 0 unspecified atom stereocenters. The van der Waals surface area contributed by atoms with Gasteiger partial charge in [0.05, 0.1) is 19.0 Å². The molecule has 0 N–H and O–H groups in total. The molecule has 3 aromatic rings. The summed E-state index contributed by atoms with van der Waals surface area (Å²) in [6.45, 7) is 5.63. The van der Waals surface area contributed by atoms with Crippen LogP contribution >= 0.6 is 11.3 Å². The average Bonchev–Trinajstić information content (AvgIpc) is 3.37. The Morgan fingerprint density at radius 1 is 1.14 bits per heavy atom. The van der Waals surface area contributed by atoms with Gasteiger partial charge in [-0.3, -0.25) is 9.59 Å². The van der Waals surface area contributed by atoms with Crippen LogP contribution in [0.4, 0.5) is 4.39 Å². The minimum Gasteiger partial charge on any atom is -0.491 e. The first-order chi connectivity index (χ1) is 17.4. The summed E-state index contributed by atoms with van der Waals surface area (Å²) in [4.78, 5) is 31.7. The van der Waals surface area contributed by atoms with E-state index in [-0.39, 0.29) is 43.2 Å². The SMILES string of the molecule is CC[C@H](C)CN(CC(=O)N1CCc2sccc2[C@@H]1COc1ccc(F)cc1)C(=O)Cc1ccccc1. The van der Waals surface area contributed by atoms with E-state index in [1.807, 2.05) is 40.6 Å². The van der Waals surface area contributed by atoms with Crippen molar-refractivity contribution in [1.29, 1.82) is 0 Å². The lowest BCUT2D eigenvalue weighted by Gasteiger charge is -2.37. The van der Waals surface area contributed by atoms with E-state index in [2.05, 4.69) is 19.9 Å². The lowest BCUT2D eigenvalue weighted by atomic mass is 10.00. The van der Waals surface area contributed by atoms with Crippen LogP contribution in [-0.4, -0.2) is 47.9 Å². The molecular formula is C29H33FN2O3S. The van der Waals surface area contributed by atoms with Crippen LogP contribution in [0.15, 0.2) is 66.0 Å². The Hall–Kier alpha value is -3.19. The highest BCUT2D eigenvalue weighted by molar-refractivity contribution is 7.10. The number of thiophene rings is 1. The Kier molecular flexibility index (Phi) is 8.75. The Labute approximate surface area is 216 Å². The predicted molar refractivity (Wildman–Crippen MR) is 141 cm³/mol. The van der Waals surface area contributed by atoms with Crippen LogP contribution < -0.4 is 4.74 Å². The molecule has 0 bridgehead atoms. The van der Waals surface area contributed by atoms with Gasteiger partial charge in [-0.25, -0.2) is 4.39 Å². The van der Waals surface area contributed by atoms with E-state index in [9.17, 15) is 14.0 Å². The topological polar surface area (TPSA) is 49.9 Å². The Bertz CT molecular complexity index is 1150. The third-order valence-electron chi connectivity index (χ3n) is 6.74. The van der Waals surface area contributed by atoms with Crippen LogP contribution in [-0.2, 0) is 22.4 Å². The number of nitrogens with zero attached hydrogens (tertiary/aromatic N) is 2. The van der Waals surface area contributed by atoms with Gasteiger partial charge in [0.15, 0.2) is 0 Å². The van der Waals surface area contributed by atoms with Crippen molar-refractivity contribution in [1.82, 2.24) is 9.80 Å². The largest absolute Gasteiger partial charge is 0.491 e. The number of amides is 2. The molecule has 2 amide bonds. The second-order valence-electron chi connectivity index (χ2n) is 9.37. The number of carbonyl (C=O) groups is 2. The summed E-state index contributed by atoms with van der Waals surface area (Å²) in [5.41, 5.74) is 2.03. The molecule has 2 aromatic carbocycles. The van der Waals surface area contributed by atoms with Crippen LogP contribution in [0.5, 0.6) is 5.75 Å². The molecule has 4 rings (SSSR count). The predicted octanol–water partition coefficient (Wildman–Crippen LogP) is 5.51. The Morgan fingerprint density at radius 3 is 2.61 bits per heavy atom. The van der Waals surface area contributed by atoms with E-state index in [1.54, 1.807) is 28.4 Å². The average molecular weight is 509 g/mol. The van der Waals surface area contributed by atoms with E-state index >= 15 is 0 Å². The molecule has 190 valence electrons. The normalized spacial score (nSPS) is 15.8. The number of rotatable bonds is 10. The van der Waals surface area contributed by atoms with Gasteiger partial charge in [0.2, 0.25) is 11.8 Å². The lowest BCUT2D eigenvalue weighted by molar-refractivity contribution is -0.143. The van der Waals surface area contributed by atoms with Crippen molar-refractivity contribution >= 4 is 23.2 Å². The summed E-state index contributed by atoms with van der Waals surface area (Å²) in [5.74, 6) is 0.410. The maximum atomic E-state index is 13.7. The molecule has 0 aliphatic carbocycles. The monoisotopic (exact) mass is 508 g/mol. The standard InChI is InChI=1S/C29H33FN2O3S/c1-3-21(2)18-31(28(33)17-22-7-5-4-6-8-22)19-29(34)32-15-13-27-25(14-16-36-27)26(32)20-35-24-11-9-23(30)10-12-24/h4-12,14,16,21,26H,3,13,15,17-20H2,1-2H3/t21-,26-/m0/s1. The molecule has 1 aliphatic rings. The molecule has 0 saturated heterocycles. The molecule has 2 heterocycles. The van der Waals surface area contributed by atoms with Gasteiger partial charge < -0.3 is 14.5 Å². The molecule has 0 fully saturated rings. The number of halogens is 1. The van der Waals surface area contributed by atoms with Crippen molar-refractivity contribution in [3.63, 3.8) is 0 Å². The van der Waals surface area contributed by atoms with Crippen LogP contribution in [0.2, 0.25) is 0 Å². The van der Waals surface area contributed by atoms with Crippen molar-refractivity contribution < 1.29 is 18.7 Å². The first-order valence-electron chi connectivity index (χ1n) is 12.5. The van der Waals surface area contributed by atoms with Crippen LogP contribution in [0.1, 0.15) is 42.3 Å². The fraction of sp³-hybridized carbons (Fsp3) is 0.379. The molecule has 0 saturated carbocycles. The number of ether oxygens (including phenoxy) is 1. The summed E-state index contributed by atoms with van der Waals surface area (Å²) in [7, 11) is 0. The van der Waals surface area contributed by atoms with E-state index in [0.717, 1.165) is 24.0 Å². The zero-order valence-electron chi connectivity index (χ0n) is 20.9. The van der Waals surface area contributed by atoms with Crippen LogP contribution in [0, 0.1) is 11.7 Å². The van der Waals surface area contributed by atoms with E-state index in [0.29, 0.717) is 24.8 Å². The second-order valence-corrected chi connectivity index (χ2v) is 10.4. The van der Waals surface area contributed by atoms with Crippen LogP contribution in [0.25, 0.3) is 0 Å². The van der Waals surface area contributed by atoms with E-state index < -0.39 is 0 Å². The number of hydrogen-bond acceptors (Lipinski definition) is 4. The second kappa shape index (κ2) is 12.2. The van der Waals surface area contributed by atoms with Gasteiger partial charge >= 0.3 is 0 Å². The van der Waals surface area contributed by atoms with Gasteiger partial charge in [0, 0.05) is 18.0 Å². The summed E-state index contributed by atoms with van der Waals surface area (Å²) < 4.78 is 19.3. The summed E-state index contributed by atoms with van der Waals surface area (Å²) in [6, 6.07) is 17.3.